The van der Waals surface area contributed by atoms with Crippen molar-refractivity contribution in [2.45, 2.75) is 40.0 Å². The molecule has 4 heteroatoms. The molecule has 0 spiro atoms. The number of halogens is 1. The molecule has 21 heavy (non-hydrogen) atoms. The molecule has 1 amide bonds. The highest BCUT2D eigenvalue weighted by atomic mass is 79.9. The van der Waals surface area contributed by atoms with Gasteiger partial charge in [0.05, 0.1) is 0 Å². The minimum atomic E-state index is -0.145. The Bertz CT molecular complexity index is 623. The zero-order chi connectivity index (χ0) is 15.3. The summed E-state index contributed by atoms with van der Waals surface area (Å²) in [5.74, 6) is 0.553. The number of amides is 1. The molecule has 2 aliphatic carbocycles. The smallest absolute Gasteiger partial charge is 0.267 e. The predicted octanol–water partition coefficient (Wildman–Crippen LogP) is 4.38. The van der Waals surface area contributed by atoms with Gasteiger partial charge in [-0.2, -0.15) is 5.10 Å². The number of hydrazone groups is 1. The van der Waals surface area contributed by atoms with Crippen LogP contribution in [0.5, 0.6) is 0 Å². The molecule has 0 unspecified atom stereocenters. The van der Waals surface area contributed by atoms with Gasteiger partial charge in [-0.15, -0.1) is 0 Å². The Hall–Kier alpha value is -1.16. The van der Waals surface area contributed by atoms with Gasteiger partial charge in [-0.1, -0.05) is 42.8 Å². The highest BCUT2D eigenvalue weighted by Gasteiger charge is 2.59. The Labute approximate surface area is 134 Å². The Morgan fingerprint density at radius 1 is 1.38 bits per heavy atom. The van der Waals surface area contributed by atoms with Crippen molar-refractivity contribution in [2.75, 3.05) is 0 Å². The van der Waals surface area contributed by atoms with Crippen LogP contribution in [0, 0.1) is 16.7 Å². The van der Waals surface area contributed by atoms with Crippen molar-refractivity contribution in [1.82, 2.24) is 5.43 Å². The van der Waals surface area contributed by atoms with Crippen LogP contribution < -0.4 is 5.43 Å². The number of carbonyl (C=O) groups is 1. The van der Waals surface area contributed by atoms with Gasteiger partial charge in [0.1, 0.15) is 0 Å². The van der Waals surface area contributed by atoms with E-state index in [9.17, 15) is 4.79 Å². The van der Waals surface area contributed by atoms with Crippen LogP contribution in [0.3, 0.4) is 0 Å². The topological polar surface area (TPSA) is 41.5 Å². The van der Waals surface area contributed by atoms with E-state index in [4.69, 9.17) is 0 Å². The molecule has 2 aliphatic rings. The molecule has 0 heterocycles. The number of rotatable bonds is 2. The number of hydrogen-bond donors (Lipinski definition) is 1. The summed E-state index contributed by atoms with van der Waals surface area (Å²) in [5, 5.41) is 4.48. The third-order valence-electron chi connectivity index (χ3n) is 5.89. The van der Waals surface area contributed by atoms with E-state index in [1.165, 1.54) is 12.8 Å². The molecule has 0 saturated heterocycles. The fourth-order valence-corrected chi connectivity index (χ4v) is 4.31. The van der Waals surface area contributed by atoms with Crippen LogP contribution in [0.1, 0.15) is 50.4 Å². The van der Waals surface area contributed by atoms with Crippen molar-refractivity contribution in [3.05, 3.63) is 34.3 Å². The molecular weight excluding hydrogens is 328 g/mol. The van der Waals surface area contributed by atoms with Crippen molar-refractivity contribution in [3.8, 4) is 0 Å². The van der Waals surface area contributed by atoms with Crippen molar-refractivity contribution < 1.29 is 4.79 Å². The summed E-state index contributed by atoms with van der Waals surface area (Å²) in [6.07, 6.45) is 3.47. The van der Waals surface area contributed by atoms with Crippen LogP contribution in [0.25, 0.3) is 0 Å². The van der Waals surface area contributed by atoms with E-state index in [-0.39, 0.29) is 16.7 Å². The van der Waals surface area contributed by atoms with Crippen LogP contribution in [-0.4, -0.2) is 11.6 Å². The van der Waals surface area contributed by atoms with Crippen LogP contribution >= 0.6 is 15.9 Å². The SMILES string of the molecule is CC1(C)[C@@H]2CC[C@]1(C)/C(=N/NC(=O)c1cccc(Br)c1)C2. The van der Waals surface area contributed by atoms with Gasteiger partial charge < -0.3 is 0 Å². The van der Waals surface area contributed by atoms with Crippen molar-refractivity contribution in [1.29, 1.82) is 0 Å². The molecule has 1 aromatic carbocycles. The van der Waals surface area contributed by atoms with Gasteiger partial charge >= 0.3 is 0 Å². The summed E-state index contributed by atoms with van der Waals surface area (Å²) in [4.78, 5) is 12.2. The van der Waals surface area contributed by atoms with Crippen LogP contribution in [0.2, 0.25) is 0 Å². The number of benzene rings is 1. The molecule has 2 fully saturated rings. The van der Waals surface area contributed by atoms with Gasteiger partial charge in [0.2, 0.25) is 0 Å². The summed E-state index contributed by atoms with van der Waals surface area (Å²) in [6, 6.07) is 7.37. The number of fused-ring (bicyclic) bond motifs is 2. The molecule has 2 atom stereocenters. The second kappa shape index (κ2) is 4.94. The number of hydrogen-bond acceptors (Lipinski definition) is 2. The average molecular weight is 349 g/mol. The Morgan fingerprint density at radius 3 is 2.71 bits per heavy atom. The lowest BCUT2D eigenvalue weighted by Crippen LogP contribution is -2.34. The fourth-order valence-electron chi connectivity index (χ4n) is 3.91. The molecule has 1 N–H and O–H groups in total. The first-order chi connectivity index (χ1) is 9.84. The minimum absolute atomic E-state index is 0.127. The maximum absolute atomic E-state index is 12.2. The van der Waals surface area contributed by atoms with E-state index in [1.54, 1.807) is 6.07 Å². The second-order valence-electron chi connectivity index (χ2n) is 7.00. The van der Waals surface area contributed by atoms with Crippen LogP contribution in [0.4, 0.5) is 0 Å². The van der Waals surface area contributed by atoms with Gasteiger partial charge in [-0.25, -0.2) is 5.43 Å². The zero-order valence-electron chi connectivity index (χ0n) is 12.7. The van der Waals surface area contributed by atoms with Gasteiger partial charge in [-0.3, -0.25) is 4.79 Å². The molecule has 3 nitrogen and oxygen atoms in total. The number of nitrogens with zero attached hydrogens (tertiary/aromatic N) is 1. The summed E-state index contributed by atoms with van der Waals surface area (Å²) in [7, 11) is 0. The average Bonchev–Trinajstić information content (AvgIpc) is 2.77. The summed E-state index contributed by atoms with van der Waals surface area (Å²) in [6.45, 7) is 6.97. The van der Waals surface area contributed by atoms with E-state index < -0.39 is 0 Å². The maximum atomic E-state index is 12.2. The molecule has 0 aromatic heterocycles. The summed E-state index contributed by atoms with van der Waals surface area (Å²) < 4.78 is 0.899. The molecule has 3 rings (SSSR count). The third kappa shape index (κ3) is 2.24. The first-order valence-corrected chi connectivity index (χ1v) is 8.27. The van der Waals surface area contributed by atoms with Gasteiger partial charge in [0.15, 0.2) is 0 Å². The first-order valence-electron chi connectivity index (χ1n) is 7.47. The summed E-state index contributed by atoms with van der Waals surface area (Å²) >= 11 is 3.38. The standard InChI is InChI=1S/C17H21BrN2O/c1-16(2)12-7-8-17(16,3)14(10-12)19-20-15(21)11-5-4-6-13(18)9-11/h4-6,9,12H,7-8,10H2,1-3H3,(H,20,21)/b19-14+/t12-,17-/m1/s1. The lowest BCUT2D eigenvalue weighted by atomic mass is 9.70. The van der Waals surface area contributed by atoms with Crippen LogP contribution in [0.15, 0.2) is 33.8 Å². The molecular formula is C17H21BrN2O. The van der Waals surface area contributed by atoms with Gasteiger partial charge in [0, 0.05) is 21.2 Å². The third-order valence-corrected chi connectivity index (χ3v) is 6.38. The van der Waals surface area contributed by atoms with Crippen molar-refractivity contribution in [2.24, 2.45) is 21.8 Å². The Morgan fingerprint density at radius 2 is 2.14 bits per heavy atom. The lowest BCUT2D eigenvalue weighted by molar-refractivity contribution is 0.0954. The molecule has 2 bridgehead atoms. The van der Waals surface area contributed by atoms with E-state index >= 15 is 0 Å². The van der Waals surface area contributed by atoms with E-state index in [2.05, 4.69) is 47.2 Å². The first kappa shape index (κ1) is 14.8. The van der Waals surface area contributed by atoms with E-state index in [0.717, 1.165) is 16.6 Å². The monoisotopic (exact) mass is 348 g/mol. The van der Waals surface area contributed by atoms with Crippen LogP contribution in [-0.2, 0) is 0 Å². The quantitative estimate of drug-likeness (QED) is 0.791. The largest absolute Gasteiger partial charge is 0.271 e. The fraction of sp³-hybridized carbons (Fsp3) is 0.529. The molecule has 0 aliphatic heterocycles. The van der Waals surface area contributed by atoms with Gasteiger partial charge in [0.25, 0.3) is 5.91 Å². The van der Waals surface area contributed by atoms with Crippen molar-refractivity contribution in [3.63, 3.8) is 0 Å². The molecule has 0 radical (unpaired) electrons. The molecule has 112 valence electrons. The minimum Gasteiger partial charge on any atom is -0.267 e. The normalized spacial score (nSPS) is 31.6. The number of carbonyl (C=O) groups excluding carboxylic acids is 1. The Kier molecular flexibility index (Phi) is 3.47. The maximum Gasteiger partial charge on any atom is 0.271 e. The zero-order valence-corrected chi connectivity index (χ0v) is 14.3. The molecule has 1 aromatic rings. The van der Waals surface area contributed by atoms with E-state index in [0.29, 0.717) is 11.5 Å². The molecule has 2 saturated carbocycles. The Balaban J connectivity index is 1.77. The lowest BCUT2D eigenvalue weighted by Gasteiger charge is -2.34. The van der Waals surface area contributed by atoms with Gasteiger partial charge in [-0.05, 0) is 48.8 Å². The predicted molar refractivity (Wildman–Crippen MR) is 88.3 cm³/mol. The highest BCUT2D eigenvalue weighted by Crippen LogP contribution is 2.63. The van der Waals surface area contributed by atoms with E-state index in [1.807, 2.05) is 18.2 Å². The number of nitrogens with one attached hydrogen (secondary N) is 1. The highest BCUT2D eigenvalue weighted by molar-refractivity contribution is 9.10. The summed E-state index contributed by atoms with van der Waals surface area (Å²) in [5.41, 5.74) is 4.94. The second-order valence-corrected chi connectivity index (χ2v) is 7.92. The van der Waals surface area contributed by atoms with Crippen molar-refractivity contribution >= 4 is 27.5 Å².